The van der Waals surface area contributed by atoms with E-state index in [1.165, 1.54) is 0 Å². The molecule has 4 heteroatoms. The molecule has 0 amide bonds. The Labute approximate surface area is 90.4 Å². The Hall–Kier alpha value is -1.55. The van der Waals surface area contributed by atoms with Crippen molar-refractivity contribution in [2.45, 2.75) is 20.4 Å². The van der Waals surface area contributed by atoms with Crippen LogP contribution in [-0.2, 0) is 6.54 Å². The molecule has 1 aromatic carbocycles. The van der Waals surface area contributed by atoms with Crippen molar-refractivity contribution in [3.8, 4) is 0 Å². The van der Waals surface area contributed by atoms with E-state index in [1.54, 1.807) is 0 Å². The van der Waals surface area contributed by atoms with E-state index in [-0.39, 0.29) is 0 Å². The van der Waals surface area contributed by atoms with Gasteiger partial charge in [0.25, 0.3) is 0 Å². The van der Waals surface area contributed by atoms with Crippen LogP contribution in [0.5, 0.6) is 0 Å². The van der Waals surface area contributed by atoms with E-state index in [1.807, 2.05) is 32.0 Å². The van der Waals surface area contributed by atoms with E-state index in [9.17, 15) is 0 Å². The minimum Gasteiger partial charge on any atom is -0.357 e. The summed E-state index contributed by atoms with van der Waals surface area (Å²) >= 11 is 0. The standard InChI is InChI=1S/C11H18N4/c1-3-14-11(13)15-10-6-4-5-9(7-12)8(10)2/h4-6H,3,7,12H2,1-2H3,(H3,13,14,15). The molecule has 0 spiro atoms. The summed E-state index contributed by atoms with van der Waals surface area (Å²) in [7, 11) is 0. The zero-order valence-electron chi connectivity index (χ0n) is 9.22. The fraction of sp³-hybridized carbons (Fsp3) is 0.364. The topological polar surface area (TPSA) is 73.9 Å². The molecule has 0 aliphatic heterocycles. The highest BCUT2D eigenvalue weighted by Gasteiger charge is 2.03. The first-order valence-electron chi connectivity index (χ1n) is 5.07. The van der Waals surface area contributed by atoms with Crippen molar-refractivity contribution < 1.29 is 0 Å². The molecule has 0 bridgehead atoms. The molecular formula is C11H18N4. The molecule has 0 fully saturated rings. The van der Waals surface area contributed by atoms with Crippen molar-refractivity contribution >= 4 is 11.6 Å². The molecule has 5 N–H and O–H groups in total. The molecule has 0 saturated heterocycles. The maximum atomic E-state index is 7.60. The summed E-state index contributed by atoms with van der Waals surface area (Å²) < 4.78 is 0. The lowest BCUT2D eigenvalue weighted by atomic mass is 10.1. The number of rotatable bonds is 3. The van der Waals surface area contributed by atoms with Crippen LogP contribution in [0.25, 0.3) is 0 Å². The Kier molecular flexibility index (Phi) is 4.12. The molecule has 1 aromatic rings. The number of guanidine groups is 1. The summed E-state index contributed by atoms with van der Waals surface area (Å²) in [6, 6.07) is 5.88. The first kappa shape index (κ1) is 11.5. The van der Waals surface area contributed by atoms with Gasteiger partial charge in [0.2, 0.25) is 0 Å². The van der Waals surface area contributed by atoms with E-state index < -0.39 is 0 Å². The Morgan fingerprint density at radius 2 is 2.20 bits per heavy atom. The third kappa shape index (κ3) is 2.95. The smallest absolute Gasteiger partial charge is 0.192 e. The maximum absolute atomic E-state index is 7.60. The van der Waals surface area contributed by atoms with E-state index in [0.29, 0.717) is 12.5 Å². The lowest BCUT2D eigenvalue weighted by Gasteiger charge is -2.13. The van der Waals surface area contributed by atoms with Crippen LogP contribution in [0.3, 0.4) is 0 Å². The van der Waals surface area contributed by atoms with E-state index in [0.717, 1.165) is 23.4 Å². The molecule has 82 valence electrons. The van der Waals surface area contributed by atoms with Crippen molar-refractivity contribution in [3.05, 3.63) is 29.3 Å². The third-order valence-corrected chi connectivity index (χ3v) is 2.28. The van der Waals surface area contributed by atoms with Gasteiger partial charge in [-0.25, -0.2) is 0 Å². The number of hydrogen-bond donors (Lipinski definition) is 4. The van der Waals surface area contributed by atoms with Gasteiger partial charge in [-0.15, -0.1) is 0 Å². The second kappa shape index (κ2) is 5.36. The van der Waals surface area contributed by atoms with Crippen LogP contribution in [0.1, 0.15) is 18.1 Å². The normalized spacial score (nSPS) is 9.80. The molecule has 1 rings (SSSR count). The van der Waals surface area contributed by atoms with E-state index in [2.05, 4.69) is 10.6 Å². The third-order valence-electron chi connectivity index (χ3n) is 2.28. The summed E-state index contributed by atoms with van der Waals surface area (Å²) in [6.45, 7) is 5.22. The van der Waals surface area contributed by atoms with Gasteiger partial charge < -0.3 is 16.4 Å². The average molecular weight is 206 g/mol. The molecular weight excluding hydrogens is 188 g/mol. The van der Waals surface area contributed by atoms with Gasteiger partial charge in [-0.05, 0) is 31.0 Å². The lowest BCUT2D eigenvalue weighted by molar-refractivity contribution is 0.953. The Morgan fingerprint density at radius 3 is 2.80 bits per heavy atom. The van der Waals surface area contributed by atoms with Gasteiger partial charge in [-0.3, -0.25) is 5.41 Å². The van der Waals surface area contributed by atoms with Crippen LogP contribution < -0.4 is 16.4 Å². The fourth-order valence-corrected chi connectivity index (χ4v) is 1.40. The van der Waals surface area contributed by atoms with Crippen molar-refractivity contribution in [2.24, 2.45) is 5.73 Å². The van der Waals surface area contributed by atoms with Crippen LogP contribution in [0, 0.1) is 12.3 Å². The molecule has 4 nitrogen and oxygen atoms in total. The van der Waals surface area contributed by atoms with Crippen LogP contribution in [0.4, 0.5) is 5.69 Å². The van der Waals surface area contributed by atoms with Crippen molar-refractivity contribution in [1.82, 2.24) is 5.32 Å². The monoisotopic (exact) mass is 206 g/mol. The zero-order valence-corrected chi connectivity index (χ0v) is 9.22. The maximum Gasteiger partial charge on any atom is 0.192 e. The molecule has 15 heavy (non-hydrogen) atoms. The second-order valence-corrected chi connectivity index (χ2v) is 3.32. The molecule has 0 aliphatic rings. The highest BCUT2D eigenvalue weighted by atomic mass is 15.1. The van der Waals surface area contributed by atoms with Gasteiger partial charge in [0.15, 0.2) is 5.96 Å². The van der Waals surface area contributed by atoms with Crippen LogP contribution in [-0.4, -0.2) is 12.5 Å². The number of anilines is 1. The van der Waals surface area contributed by atoms with Crippen LogP contribution in [0.15, 0.2) is 18.2 Å². The SMILES string of the molecule is CCNC(=N)Nc1cccc(CN)c1C. The number of nitrogens with two attached hydrogens (primary N) is 1. The number of hydrogen-bond acceptors (Lipinski definition) is 2. The molecule has 0 saturated carbocycles. The minimum absolute atomic E-state index is 0.315. The summed E-state index contributed by atoms with van der Waals surface area (Å²) in [5, 5.41) is 13.5. The fourth-order valence-electron chi connectivity index (χ4n) is 1.40. The van der Waals surface area contributed by atoms with Crippen LogP contribution >= 0.6 is 0 Å². The summed E-state index contributed by atoms with van der Waals surface area (Å²) in [5.74, 6) is 0.315. The number of nitrogens with one attached hydrogen (secondary N) is 3. The Morgan fingerprint density at radius 1 is 1.47 bits per heavy atom. The summed E-state index contributed by atoms with van der Waals surface area (Å²) in [6.07, 6.45) is 0. The molecule has 0 atom stereocenters. The minimum atomic E-state index is 0.315. The summed E-state index contributed by atoms with van der Waals surface area (Å²) in [5.41, 5.74) is 8.75. The van der Waals surface area contributed by atoms with Gasteiger partial charge in [0, 0.05) is 18.8 Å². The first-order chi connectivity index (χ1) is 7.19. The van der Waals surface area contributed by atoms with Gasteiger partial charge in [-0.1, -0.05) is 12.1 Å². The first-order valence-corrected chi connectivity index (χ1v) is 5.07. The average Bonchev–Trinajstić information content (AvgIpc) is 2.21. The quantitative estimate of drug-likeness (QED) is 0.446. The zero-order chi connectivity index (χ0) is 11.3. The Balaban J connectivity index is 2.81. The van der Waals surface area contributed by atoms with Gasteiger partial charge in [-0.2, -0.15) is 0 Å². The predicted octanol–water partition coefficient (Wildman–Crippen LogP) is 1.41. The second-order valence-electron chi connectivity index (χ2n) is 3.32. The lowest BCUT2D eigenvalue weighted by Crippen LogP contribution is -2.29. The largest absolute Gasteiger partial charge is 0.357 e. The number of benzene rings is 1. The van der Waals surface area contributed by atoms with Gasteiger partial charge in [0.1, 0.15) is 0 Å². The van der Waals surface area contributed by atoms with Gasteiger partial charge >= 0.3 is 0 Å². The molecule has 0 unspecified atom stereocenters. The molecule has 0 radical (unpaired) electrons. The van der Waals surface area contributed by atoms with Crippen LogP contribution in [0.2, 0.25) is 0 Å². The summed E-state index contributed by atoms with van der Waals surface area (Å²) in [4.78, 5) is 0. The predicted molar refractivity (Wildman–Crippen MR) is 64.1 cm³/mol. The molecule has 0 aliphatic carbocycles. The van der Waals surface area contributed by atoms with E-state index >= 15 is 0 Å². The van der Waals surface area contributed by atoms with Crippen molar-refractivity contribution in [2.75, 3.05) is 11.9 Å². The van der Waals surface area contributed by atoms with E-state index in [4.69, 9.17) is 11.1 Å². The molecule has 0 heterocycles. The highest BCUT2D eigenvalue weighted by Crippen LogP contribution is 2.17. The van der Waals surface area contributed by atoms with Crippen molar-refractivity contribution in [3.63, 3.8) is 0 Å². The highest BCUT2D eigenvalue weighted by molar-refractivity contribution is 5.92. The van der Waals surface area contributed by atoms with Gasteiger partial charge in [0.05, 0.1) is 0 Å². The molecule has 0 aromatic heterocycles. The Bertz CT molecular complexity index is 346. The van der Waals surface area contributed by atoms with Crippen molar-refractivity contribution in [1.29, 1.82) is 5.41 Å².